The van der Waals surface area contributed by atoms with Crippen LogP contribution in [0.3, 0.4) is 0 Å². The molecular formula is C7H14N4O4S2. The number of nitrogens with zero attached hydrogens (tertiary/aromatic N) is 1. The highest BCUT2D eigenvalue weighted by Crippen LogP contribution is 2.05. The summed E-state index contributed by atoms with van der Waals surface area (Å²) >= 11 is 0. The first-order chi connectivity index (χ1) is 7.70. The van der Waals surface area contributed by atoms with Crippen molar-refractivity contribution in [1.29, 1.82) is 0 Å². The number of nitrogens with two attached hydrogens (primary N) is 1. The van der Waals surface area contributed by atoms with E-state index in [1.807, 2.05) is 0 Å². The molecule has 0 aliphatic heterocycles. The molecule has 10 heteroatoms. The van der Waals surface area contributed by atoms with E-state index in [2.05, 4.69) is 14.9 Å². The number of sulfonamides is 1. The number of H-pyrrole nitrogens is 1. The van der Waals surface area contributed by atoms with Crippen molar-refractivity contribution in [2.75, 3.05) is 23.5 Å². The van der Waals surface area contributed by atoms with E-state index < -0.39 is 31.4 Å². The average Bonchev–Trinajstić information content (AvgIpc) is 2.58. The molecule has 1 rings (SSSR count). The van der Waals surface area contributed by atoms with Gasteiger partial charge in [-0.1, -0.05) is 0 Å². The summed E-state index contributed by atoms with van der Waals surface area (Å²) < 4.78 is 46.8. The van der Waals surface area contributed by atoms with Crippen LogP contribution in [-0.4, -0.2) is 44.8 Å². The van der Waals surface area contributed by atoms with Gasteiger partial charge in [0.1, 0.15) is 15.7 Å². The number of anilines is 1. The Bertz CT molecular complexity index is 575. The van der Waals surface area contributed by atoms with E-state index in [0.717, 1.165) is 6.26 Å². The Morgan fingerprint density at radius 3 is 2.47 bits per heavy atom. The van der Waals surface area contributed by atoms with E-state index in [9.17, 15) is 16.8 Å². The second kappa shape index (κ2) is 5.02. The molecule has 0 unspecified atom stereocenters. The van der Waals surface area contributed by atoms with Gasteiger partial charge in [-0.15, -0.1) is 0 Å². The molecule has 0 aromatic carbocycles. The Hall–Kier alpha value is -1.13. The second-order valence-corrected chi connectivity index (χ2v) is 7.76. The normalized spacial score (nSPS) is 12.8. The third-order valence-corrected chi connectivity index (χ3v) is 4.49. The van der Waals surface area contributed by atoms with Gasteiger partial charge in [-0.25, -0.2) is 21.6 Å². The summed E-state index contributed by atoms with van der Waals surface area (Å²) in [5, 5.41) is 6.09. The Kier molecular flexibility index (Phi) is 4.11. The van der Waals surface area contributed by atoms with E-state index in [1.54, 1.807) is 0 Å². The van der Waals surface area contributed by atoms with Gasteiger partial charge in [-0.3, -0.25) is 5.10 Å². The number of aromatic amines is 1. The van der Waals surface area contributed by atoms with E-state index in [-0.39, 0.29) is 12.4 Å². The minimum atomic E-state index is -3.63. The van der Waals surface area contributed by atoms with Crippen molar-refractivity contribution in [3.05, 3.63) is 11.8 Å². The number of rotatable bonds is 6. The minimum Gasteiger partial charge on any atom is -0.384 e. The number of nitrogen functional groups attached to an aromatic ring is 1. The maximum absolute atomic E-state index is 11.4. The molecule has 0 radical (unpaired) electrons. The van der Waals surface area contributed by atoms with Crippen LogP contribution < -0.4 is 10.5 Å². The SMILES string of the molecule is CS(=O)(=O)CCS(=O)(=O)NCc1cn[nH]c1N. The molecule has 0 aliphatic rings. The highest BCUT2D eigenvalue weighted by molar-refractivity contribution is 7.93. The third-order valence-electron chi connectivity index (χ3n) is 1.96. The smallest absolute Gasteiger partial charge is 0.212 e. The van der Waals surface area contributed by atoms with E-state index >= 15 is 0 Å². The summed E-state index contributed by atoms with van der Waals surface area (Å²) in [4.78, 5) is 0. The molecule has 8 nitrogen and oxygen atoms in total. The van der Waals surface area contributed by atoms with Crippen LogP contribution in [0.4, 0.5) is 5.82 Å². The van der Waals surface area contributed by atoms with E-state index in [1.165, 1.54) is 6.20 Å². The van der Waals surface area contributed by atoms with Gasteiger partial charge < -0.3 is 5.73 Å². The molecule has 0 amide bonds. The molecule has 1 heterocycles. The monoisotopic (exact) mass is 282 g/mol. The Labute approximate surface area is 99.6 Å². The molecule has 1 aromatic heterocycles. The number of hydrogen-bond acceptors (Lipinski definition) is 6. The van der Waals surface area contributed by atoms with Gasteiger partial charge in [0.2, 0.25) is 10.0 Å². The summed E-state index contributed by atoms with van der Waals surface area (Å²) in [5.41, 5.74) is 5.97. The second-order valence-electron chi connectivity index (χ2n) is 3.58. The lowest BCUT2D eigenvalue weighted by molar-refractivity contribution is 0.579. The largest absolute Gasteiger partial charge is 0.384 e. The lowest BCUT2D eigenvalue weighted by Gasteiger charge is -2.05. The lowest BCUT2D eigenvalue weighted by Crippen LogP contribution is -2.29. The fraction of sp³-hybridized carbons (Fsp3) is 0.571. The van der Waals surface area contributed by atoms with Gasteiger partial charge in [0.25, 0.3) is 0 Å². The van der Waals surface area contributed by atoms with Gasteiger partial charge >= 0.3 is 0 Å². The van der Waals surface area contributed by atoms with Gasteiger partial charge in [-0.05, 0) is 0 Å². The quantitative estimate of drug-likeness (QED) is 0.578. The Balaban J connectivity index is 2.54. The zero-order chi connectivity index (χ0) is 13.1. The van der Waals surface area contributed by atoms with E-state index in [0.29, 0.717) is 5.56 Å². The molecule has 4 N–H and O–H groups in total. The first-order valence-corrected chi connectivity index (χ1v) is 8.34. The highest BCUT2D eigenvalue weighted by atomic mass is 32.2. The number of hydrogen-bond donors (Lipinski definition) is 3. The summed E-state index contributed by atoms with van der Waals surface area (Å²) in [6.07, 6.45) is 2.38. The highest BCUT2D eigenvalue weighted by Gasteiger charge is 2.14. The molecule has 1 aromatic rings. The van der Waals surface area contributed by atoms with Crippen LogP contribution in [-0.2, 0) is 26.4 Å². The first-order valence-electron chi connectivity index (χ1n) is 4.62. The van der Waals surface area contributed by atoms with Crippen LogP contribution in [0.15, 0.2) is 6.20 Å². The van der Waals surface area contributed by atoms with Crippen LogP contribution in [0.25, 0.3) is 0 Å². The predicted octanol–water partition coefficient (Wildman–Crippen LogP) is -1.54. The molecule has 0 saturated heterocycles. The van der Waals surface area contributed by atoms with Crippen molar-refractivity contribution in [3.8, 4) is 0 Å². The van der Waals surface area contributed by atoms with Crippen LogP contribution >= 0.6 is 0 Å². The summed E-state index contributed by atoms with van der Waals surface area (Å²) in [5.74, 6) is -0.608. The minimum absolute atomic E-state index is 0.0194. The fourth-order valence-corrected chi connectivity index (χ4v) is 3.59. The molecule has 98 valence electrons. The first kappa shape index (κ1) is 13.9. The Morgan fingerprint density at radius 2 is 2.00 bits per heavy atom. The zero-order valence-corrected chi connectivity index (χ0v) is 10.8. The zero-order valence-electron chi connectivity index (χ0n) is 9.17. The molecule has 0 atom stereocenters. The average molecular weight is 282 g/mol. The van der Waals surface area contributed by atoms with Gasteiger partial charge in [0, 0.05) is 18.4 Å². The number of nitrogens with one attached hydrogen (secondary N) is 2. The van der Waals surface area contributed by atoms with Crippen molar-refractivity contribution < 1.29 is 16.8 Å². The third kappa shape index (κ3) is 5.15. The molecule has 17 heavy (non-hydrogen) atoms. The summed E-state index contributed by atoms with van der Waals surface area (Å²) in [6.45, 7) is -0.0194. The molecule has 0 saturated carbocycles. The van der Waals surface area contributed by atoms with Crippen molar-refractivity contribution in [1.82, 2.24) is 14.9 Å². The maximum atomic E-state index is 11.4. The molecule has 0 fully saturated rings. The van der Waals surface area contributed by atoms with Crippen LogP contribution in [0.5, 0.6) is 0 Å². The predicted molar refractivity (Wildman–Crippen MR) is 63.3 cm³/mol. The van der Waals surface area contributed by atoms with Crippen molar-refractivity contribution in [2.24, 2.45) is 0 Å². The molecule has 0 bridgehead atoms. The van der Waals surface area contributed by atoms with E-state index in [4.69, 9.17) is 5.73 Å². The molecule has 0 aliphatic carbocycles. The Morgan fingerprint density at radius 1 is 1.35 bits per heavy atom. The summed E-state index contributed by atoms with van der Waals surface area (Å²) in [7, 11) is -6.93. The summed E-state index contributed by atoms with van der Waals surface area (Å²) in [6, 6.07) is 0. The number of aromatic nitrogens is 2. The number of sulfone groups is 1. The van der Waals surface area contributed by atoms with Crippen molar-refractivity contribution in [3.63, 3.8) is 0 Å². The fourth-order valence-electron chi connectivity index (χ4n) is 0.983. The molecular weight excluding hydrogens is 268 g/mol. The van der Waals surface area contributed by atoms with Crippen LogP contribution in [0.1, 0.15) is 5.56 Å². The standard InChI is InChI=1S/C7H14N4O4S2/c1-16(12,13)2-3-17(14,15)10-5-6-4-9-11-7(6)8/h4,10H,2-3,5H2,1H3,(H3,8,9,11). The van der Waals surface area contributed by atoms with Crippen molar-refractivity contribution in [2.45, 2.75) is 6.54 Å². The maximum Gasteiger partial charge on any atom is 0.212 e. The lowest BCUT2D eigenvalue weighted by atomic mass is 10.3. The van der Waals surface area contributed by atoms with Gasteiger partial charge in [0.05, 0.1) is 17.7 Å². The van der Waals surface area contributed by atoms with Gasteiger partial charge in [-0.2, -0.15) is 5.10 Å². The van der Waals surface area contributed by atoms with Gasteiger partial charge in [0.15, 0.2) is 0 Å². The molecule has 0 spiro atoms. The van der Waals surface area contributed by atoms with Crippen molar-refractivity contribution >= 4 is 25.7 Å². The van der Waals surface area contributed by atoms with Crippen LogP contribution in [0.2, 0.25) is 0 Å². The topological polar surface area (TPSA) is 135 Å². The van der Waals surface area contributed by atoms with Crippen LogP contribution in [0, 0.1) is 0 Å².